The number of nitrogens with zero attached hydrogens (tertiary/aromatic N) is 2. The maximum atomic E-state index is 5.07. The molecule has 16 heavy (non-hydrogen) atoms. The number of allylic oxidation sites excluding steroid dienone is 1. The minimum absolute atomic E-state index is 0.486. The van der Waals surface area contributed by atoms with Crippen molar-refractivity contribution >= 4 is 6.34 Å². The molecule has 0 spiro atoms. The van der Waals surface area contributed by atoms with Gasteiger partial charge in [-0.2, -0.15) is 0 Å². The van der Waals surface area contributed by atoms with E-state index in [2.05, 4.69) is 29.9 Å². The topological polar surface area (TPSA) is 24.8 Å². The van der Waals surface area contributed by atoms with E-state index in [0.717, 1.165) is 19.7 Å². The maximum absolute atomic E-state index is 5.07. The van der Waals surface area contributed by atoms with Crippen LogP contribution in [-0.2, 0) is 4.74 Å². The lowest BCUT2D eigenvalue weighted by Crippen LogP contribution is -2.17. The lowest BCUT2D eigenvalue weighted by atomic mass is 10.2. The van der Waals surface area contributed by atoms with Gasteiger partial charge in [0.05, 0.1) is 12.9 Å². The van der Waals surface area contributed by atoms with Crippen molar-refractivity contribution in [2.24, 2.45) is 10.9 Å². The van der Waals surface area contributed by atoms with Crippen molar-refractivity contribution in [1.29, 1.82) is 0 Å². The summed E-state index contributed by atoms with van der Waals surface area (Å²) >= 11 is 0. The van der Waals surface area contributed by atoms with E-state index >= 15 is 0 Å². The van der Waals surface area contributed by atoms with E-state index in [0.29, 0.717) is 5.92 Å². The third kappa shape index (κ3) is 8.48. The molecular formula is C13H26N2O. The molecule has 0 saturated carbocycles. The summed E-state index contributed by atoms with van der Waals surface area (Å²) in [4.78, 5) is 6.57. The van der Waals surface area contributed by atoms with Crippen molar-refractivity contribution in [3.8, 4) is 0 Å². The largest absolute Gasteiger partial charge is 0.384 e. The summed E-state index contributed by atoms with van der Waals surface area (Å²) in [7, 11) is 1.73. The van der Waals surface area contributed by atoms with Gasteiger partial charge in [0, 0.05) is 26.4 Å². The molecule has 3 heteroatoms. The molecule has 0 bridgehead atoms. The van der Waals surface area contributed by atoms with Crippen molar-refractivity contribution in [3.05, 3.63) is 12.3 Å². The molecule has 0 aliphatic heterocycles. The molecule has 0 aliphatic rings. The number of hydrogen-bond acceptors (Lipinski definition) is 2. The van der Waals surface area contributed by atoms with Gasteiger partial charge in [0.15, 0.2) is 0 Å². The fraction of sp³-hybridized carbons (Fsp3) is 0.769. The van der Waals surface area contributed by atoms with Crippen LogP contribution in [0.15, 0.2) is 17.3 Å². The number of rotatable bonds is 9. The summed E-state index contributed by atoms with van der Waals surface area (Å²) in [6.07, 6.45) is 8.45. The van der Waals surface area contributed by atoms with E-state index < -0.39 is 0 Å². The number of unbranched alkanes of at least 4 members (excludes halogenated alkanes) is 1. The third-order valence-electron chi connectivity index (χ3n) is 2.21. The average molecular weight is 226 g/mol. The first kappa shape index (κ1) is 15.2. The van der Waals surface area contributed by atoms with Crippen molar-refractivity contribution < 1.29 is 4.74 Å². The average Bonchev–Trinajstić information content (AvgIpc) is 2.26. The zero-order chi connectivity index (χ0) is 12.2. The van der Waals surface area contributed by atoms with Crippen LogP contribution in [0.25, 0.3) is 0 Å². The Hall–Kier alpha value is -0.830. The highest BCUT2D eigenvalue weighted by atomic mass is 16.5. The second kappa shape index (κ2) is 10.7. The highest BCUT2D eigenvalue weighted by Crippen LogP contribution is 1.97. The summed E-state index contributed by atoms with van der Waals surface area (Å²) in [5.41, 5.74) is 0. The molecule has 0 saturated heterocycles. The Morgan fingerprint density at radius 3 is 2.75 bits per heavy atom. The van der Waals surface area contributed by atoms with Crippen molar-refractivity contribution in [2.75, 3.05) is 26.8 Å². The fourth-order valence-electron chi connectivity index (χ4n) is 1.37. The summed E-state index contributed by atoms with van der Waals surface area (Å²) in [5.74, 6) is 0.486. The van der Waals surface area contributed by atoms with Gasteiger partial charge in [0.2, 0.25) is 0 Å². The second-order valence-electron chi connectivity index (χ2n) is 4.11. The van der Waals surface area contributed by atoms with Crippen molar-refractivity contribution in [1.82, 2.24) is 4.90 Å². The molecule has 0 fully saturated rings. The van der Waals surface area contributed by atoms with Gasteiger partial charge < -0.3 is 9.64 Å². The Kier molecular flexibility index (Phi) is 10.1. The second-order valence-corrected chi connectivity index (χ2v) is 4.11. The summed E-state index contributed by atoms with van der Waals surface area (Å²) in [5, 5.41) is 0. The van der Waals surface area contributed by atoms with Crippen LogP contribution in [0.3, 0.4) is 0 Å². The zero-order valence-electron chi connectivity index (χ0n) is 11.1. The van der Waals surface area contributed by atoms with Crippen LogP contribution in [0.5, 0.6) is 0 Å². The first-order valence-electron chi connectivity index (χ1n) is 6.12. The van der Waals surface area contributed by atoms with E-state index in [1.165, 1.54) is 12.8 Å². The van der Waals surface area contributed by atoms with Crippen LogP contribution in [0.2, 0.25) is 0 Å². The van der Waals surface area contributed by atoms with Gasteiger partial charge in [-0.05, 0) is 19.3 Å². The molecule has 1 unspecified atom stereocenters. The lowest BCUT2D eigenvalue weighted by molar-refractivity contribution is 0.163. The molecule has 1 atom stereocenters. The van der Waals surface area contributed by atoms with Gasteiger partial charge in [-0.1, -0.05) is 26.3 Å². The minimum atomic E-state index is 0.486. The Labute approximate surface area is 100 Å². The summed E-state index contributed by atoms with van der Waals surface area (Å²) < 4.78 is 5.07. The van der Waals surface area contributed by atoms with Crippen LogP contribution in [0, 0.1) is 5.92 Å². The Morgan fingerprint density at radius 2 is 2.19 bits per heavy atom. The van der Waals surface area contributed by atoms with Crippen molar-refractivity contribution in [3.63, 3.8) is 0 Å². The summed E-state index contributed by atoms with van der Waals surface area (Å²) in [6.45, 7) is 9.02. The van der Waals surface area contributed by atoms with Gasteiger partial charge in [0.1, 0.15) is 0 Å². The van der Waals surface area contributed by atoms with Gasteiger partial charge in [0.25, 0.3) is 0 Å². The maximum Gasteiger partial charge on any atom is 0.0889 e. The van der Waals surface area contributed by atoms with E-state index in [1.807, 2.05) is 19.3 Å². The van der Waals surface area contributed by atoms with E-state index in [1.54, 1.807) is 7.11 Å². The molecule has 0 N–H and O–H groups in total. The number of aliphatic imine (C=N–C) groups is 1. The van der Waals surface area contributed by atoms with Gasteiger partial charge in [-0.3, -0.25) is 4.99 Å². The molecule has 0 aromatic rings. The smallest absolute Gasteiger partial charge is 0.0889 e. The molecule has 0 radical (unpaired) electrons. The summed E-state index contributed by atoms with van der Waals surface area (Å²) in [6, 6.07) is 0. The van der Waals surface area contributed by atoms with Crippen LogP contribution in [0.1, 0.15) is 33.6 Å². The Morgan fingerprint density at radius 1 is 1.44 bits per heavy atom. The Balaban J connectivity index is 3.92. The van der Waals surface area contributed by atoms with E-state index in [-0.39, 0.29) is 0 Å². The third-order valence-corrected chi connectivity index (χ3v) is 2.21. The molecule has 0 amide bonds. The predicted octanol–water partition coefficient (Wildman–Crippen LogP) is 2.93. The molecule has 94 valence electrons. The lowest BCUT2D eigenvalue weighted by Gasteiger charge is -2.14. The number of methoxy groups -OCH3 is 1. The highest BCUT2D eigenvalue weighted by molar-refractivity contribution is 5.56. The molecule has 3 nitrogen and oxygen atoms in total. The van der Waals surface area contributed by atoms with Gasteiger partial charge in [-0.25, -0.2) is 0 Å². The molecule has 0 aliphatic carbocycles. The molecule has 0 aromatic heterocycles. The van der Waals surface area contributed by atoms with Crippen LogP contribution in [-0.4, -0.2) is 38.0 Å². The molecule has 0 aromatic carbocycles. The zero-order valence-corrected chi connectivity index (χ0v) is 11.1. The quantitative estimate of drug-likeness (QED) is 0.446. The number of ether oxygens (including phenoxy) is 1. The van der Waals surface area contributed by atoms with Crippen LogP contribution in [0.4, 0.5) is 0 Å². The van der Waals surface area contributed by atoms with Gasteiger partial charge >= 0.3 is 0 Å². The number of hydrogen-bond donors (Lipinski definition) is 0. The van der Waals surface area contributed by atoms with E-state index in [4.69, 9.17) is 4.74 Å². The fourth-order valence-corrected chi connectivity index (χ4v) is 1.37. The normalized spacial score (nSPS) is 13.8. The van der Waals surface area contributed by atoms with Crippen molar-refractivity contribution in [2.45, 2.75) is 33.6 Å². The molecule has 0 heterocycles. The van der Waals surface area contributed by atoms with E-state index in [9.17, 15) is 0 Å². The van der Waals surface area contributed by atoms with Crippen LogP contribution < -0.4 is 0 Å². The predicted molar refractivity (Wildman–Crippen MR) is 70.8 cm³/mol. The molecular weight excluding hydrogens is 200 g/mol. The minimum Gasteiger partial charge on any atom is -0.384 e. The highest BCUT2D eigenvalue weighted by Gasteiger charge is 1.99. The first-order chi connectivity index (χ1) is 7.74. The Bertz CT molecular complexity index is 202. The van der Waals surface area contributed by atoms with Gasteiger partial charge in [-0.15, -0.1) is 0 Å². The monoisotopic (exact) mass is 226 g/mol. The standard InChI is InChI=1S/C13H26N2O/c1-5-7-9-15(8-6-2)12-14-10-13(3)11-16-4/h6,8,12-13H,5,7,9-11H2,1-4H3/b8-6-,14-12+. The SMILES string of the molecule is C/C=C\N(/C=N/CC(C)COC)CCCC. The first-order valence-corrected chi connectivity index (χ1v) is 6.12. The molecule has 0 rings (SSSR count). The van der Waals surface area contributed by atoms with Crippen LogP contribution >= 0.6 is 0 Å².